The number of hydrogen-bond acceptors (Lipinski definition) is 3. The fourth-order valence-corrected chi connectivity index (χ4v) is 0.312. The number of halogens is 1. The number of carbonyl (C=O) groups is 1. The number of carbonyl (C=O) groups excluding carboxylic acids is 1. The van der Waals surface area contributed by atoms with Crippen molar-refractivity contribution in [1.29, 1.82) is 0 Å². The minimum absolute atomic E-state index is 0.683. The molecule has 0 saturated carbocycles. The average Bonchev–Trinajstić information content (AvgIpc) is 1.64. The molecular formula is C3H4BrNO3. The standard InChI is InChI=1S/C3H4BrNO3/c1-2(4)3(6)5(7)8/h2H,1H3. The van der Waals surface area contributed by atoms with Crippen molar-refractivity contribution >= 4 is 21.8 Å². The summed E-state index contributed by atoms with van der Waals surface area (Å²) in [5.41, 5.74) is 0. The number of amides is 1. The summed E-state index contributed by atoms with van der Waals surface area (Å²) >= 11 is 2.75. The second-order valence-electron chi connectivity index (χ2n) is 1.21. The monoisotopic (exact) mass is 181 g/mol. The number of alkyl halides is 1. The van der Waals surface area contributed by atoms with Crippen LogP contribution in [0, 0.1) is 10.1 Å². The molecule has 0 spiro atoms. The van der Waals surface area contributed by atoms with Gasteiger partial charge in [-0.2, -0.15) is 0 Å². The number of hydrogen-bond donors (Lipinski definition) is 0. The van der Waals surface area contributed by atoms with E-state index < -0.39 is 15.7 Å². The van der Waals surface area contributed by atoms with Crippen molar-refractivity contribution in [2.24, 2.45) is 0 Å². The number of nitro groups is 1. The zero-order valence-corrected chi connectivity index (χ0v) is 5.71. The SMILES string of the molecule is CC(Br)C(=O)[N+](=O)[O-]. The maximum Gasteiger partial charge on any atom is 0.457 e. The van der Waals surface area contributed by atoms with E-state index in [9.17, 15) is 14.9 Å². The molecule has 0 aromatic heterocycles. The Morgan fingerprint density at radius 3 is 2.25 bits per heavy atom. The maximum atomic E-state index is 10.1. The highest BCUT2D eigenvalue weighted by atomic mass is 79.9. The third-order valence-corrected chi connectivity index (χ3v) is 0.912. The molecule has 4 nitrogen and oxygen atoms in total. The molecule has 0 heterocycles. The van der Waals surface area contributed by atoms with Crippen LogP contribution in [0.2, 0.25) is 0 Å². The van der Waals surface area contributed by atoms with E-state index >= 15 is 0 Å². The van der Waals surface area contributed by atoms with Gasteiger partial charge in [0.2, 0.25) is 0 Å². The van der Waals surface area contributed by atoms with E-state index in [1.807, 2.05) is 0 Å². The highest BCUT2D eigenvalue weighted by molar-refractivity contribution is 9.10. The molecule has 0 aromatic carbocycles. The quantitative estimate of drug-likeness (QED) is 0.338. The Morgan fingerprint density at radius 2 is 2.25 bits per heavy atom. The van der Waals surface area contributed by atoms with Crippen molar-refractivity contribution in [3.05, 3.63) is 10.1 Å². The fraction of sp³-hybridized carbons (Fsp3) is 0.667. The molecule has 1 unspecified atom stereocenters. The number of nitrogens with zero attached hydrogens (tertiary/aromatic N) is 1. The second kappa shape index (κ2) is 2.76. The molecule has 1 atom stereocenters. The van der Waals surface area contributed by atoms with E-state index in [0.717, 1.165) is 0 Å². The molecule has 46 valence electrons. The van der Waals surface area contributed by atoms with Crippen LogP contribution < -0.4 is 0 Å². The van der Waals surface area contributed by atoms with Crippen LogP contribution in [0.3, 0.4) is 0 Å². The van der Waals surface area contributed by atoms with Crippen LogP contribution in [0.15, 0.2) is 0 Å². The Hall–Kier alpha value is -0.450. The lowest BCUT2D eigenvalue weighted by Gasteiger charge is -1.88. The van der Waals surface area contributed by atoms with Crippen LogP contribution in [-0.4, -0.2) is 15.7 Å². The van der Waals surface area contributed by atoms with Crippen LogP contribution in [0.1, 0.15) is 6.92 Å². The summed E-state index contributed by atoms with van der Waals surface area (Å²) in [7, 11) is 0. The van der Waals surface area contributed by atoms with Gasteiger partial charge >= 0.3 is 5.91 Å². The molecule has 5 heteroatoms. The molecule has 0 aromatic rings. The molecule has 0 N–H and O–H groups in total. The summed E-state index contributed by atoms with van der Waals surface area (Å²) < 4.78 is 0. The van der Waals surface area contributed by atoms with Gasteiger partial charge in [-0.1, -0.05) is 15.9 Å². The molecule has 0 saturated heterocycles. The predicted molar refractivity (Wildman–Crippen MR) is 30.4 cm³/mol. The minimum Gasteiger partial charge on any atom is -0.256 e. The van der Waals surface area contributed by atoms with Crippen molar-refractivity contribution < 1.29 is 9.72 Å². The zero-order valence-electron chi connectivity index (χ0n) is 4.13. The molecule has 0 radical (unpaired) electrons. The van der Waals surface area contributed by atoms with Crippen molar-refractivity contribution in [2.45, 2.75) is 11.8 Å². The van der Waals surface area contributed by atoms with E-state index in [2.05, 4.69) is 15.9 Å². The van der Waals surface area contributed by atoms with E-state index in [-0.39, 0.29) is 0 Å². The van der Waals surface area contributed by atoms with Crippen LogP contribution >= 0.6 is 15.9 Å². The second-order valence-corrected chi connectivity index (χ2v) is 2.58. The van der Waals surface area contributed by atoms with E-state index in [4.69, 9.17) is 0 Å². The van der Waals surface area contributed by atoms with Crippen molar-refractivity contribution in [3.63, 3.8) is 0 Å². The van der Waals surface area contributed by atoms with Crippen molar-refractivity contribution in [1.82, 2.24) is 0 Å². The van der Waals surface area contributed by atoms with Gasteiger partial charge in [-0.25, -0.2) is 4.79 Å². The molecule has 0 aliphatic heterocycles. The highest BCUT2D eigenvalue weighted by Gasteiger charge is 2.20. The van der Waals surface area contributed by atoms with Crippen LogP contribution in [-0.2, 0) is 4.79 Å². The van der Waals surface area contributed by atoms with Gasteiger partial charge in [0.25, 0.3) is 0 Å². The smallest absolute Gasteiger partial charge is 0.256 e. The first-order valence-electron chi connectivity index (χ1n) is 1.88. The highest BCUT2D eigenvalue weighted by Crippen LogP contribution is 1.97. The summed E-state index contributed by atoms with van der Waals surface area (Å²) in [6.45, 7) is 1.41. The predicted octanol–water partition coefficient (Wildman–Crippen LogP) is 0.573. The maximum absolute atomic E-state index is 10.1. The summed E-state index contributed by atoms with van der Waals surface area (Å²) in [5, 5.41) is 9.57. The fourth-order valence-electron chi connectivity index (χ4n) is 0.145. The topological polar surface area (TPSA) is 60.2 Å². The Morgan fingerprint density at radius 1 is 1.88 bits per heavy atom. The van der Waals surface area contributed by atoms with Crippen LogP contribution in [0.25, 0.3) is 0 Å². The van der Waals surface area contributed by atoms with Crippen molar-refractivity contribution in [3.8, 4) is 0 Å². The van der Waals surface area contributed by atoms with Gasteiger partial charge in [-0.3, -0.25) is 10.1 Å². The summed E-state index contributed by atoms with van der Waals surface area (Å²) in [6.07, 6.45) is 0. The number of rotatable bonds is 1. The van der Waals surface area contributed by atoms with Gasteiger partial charge in [0, 0.05) is 0 Å². The molecule has 0 rings (SSSR count). The molecular weight excluding hydrogens is 178 g/mol. The largest absolute Gasteiger partial charge is 0.457 e. The summed E-state index contributed by atoms with van der Waals surface area (Å²) in [5.74, 6) is -1.01. The van der Waals surface area contributed by atoms with Crippen LogP contribution in [0.4, 0.5) is 0 Å². The third kappa shape index (κ3) is 2.02. The van der Waals surface area contributed by atoms with E-state index in [1.165, 1.54) is 6.92 Å². The molecule has 8 heavy (non-hydrogen) atoms. The van der Waals surface area contributed by atoms with E-state index in [0.29, 0.717) is 0 Å². The lowest BCUT2D eigenvalue weighted by molar-refractivity contribution is -0.401. The Labute approximate surface area is 54.2 Å². The first-order chi connectivity index (χ1) is 3.55. The first-order valence-corrected chi connectivity index (χ1v) is 2.79. The molecule has 0 aliphatic rings. The minimum atomic E-state index is -1.01. The average molecular weight is 182 g/mol. The lowest BCUT2D eigenvalue weighted by atomic mass is 10.5. The van der Waals surface area contributed by atoms with Gasteiger partial charge in [0.05, 0.1) is 0 Å². The molecule has 0 bridgehead atoms. The Bertz CT molecular complexity index is 122. The zero-order chi connectivity index (χ0) is 6.73. The molecule has 0 fully saturated rings. The molecule has 0 aliphatic carbocycles. The van der Waals surface area contributed by atoms with Gasteiger partial charge in [-0.05, 0) is 6.92 Å². The van der Waals surface area contributed by atoms with Gasteiger partial charge in [-0.15, -0.1) is 0 Å². The Kier molecular flexibility index (Phi) is 2.60. The van der Waals surface area contributed by atoms with Crippen LogP contribution in [0.5, 0.6) is 0 Å². The summed E-state index contributed by atoms with van der Waals surface area (Å²) in [6, 6.07) is 0. The summed E-state index contributed by atoms with van der Waals surface area (Å²) in [4.78, 5) is 18.0. The van der Waals surface area contributed by atoms with Gasteiger partial charge in [0.1, 0.15) is 9.75 Å². The normalized spacial score (nSPS) is 12.8. The lowest BCUT2D eigenvalue weighted by Crippen LogP contribution is -2.19. The van der Waals surface area contributed by atoms with Gasteiger partial charge in [0.15, 0.2) is 0 Å². The van der Waals surface area contributed by atoms with Gasteiger partial charge < -0.3 is 0 Å². The third-order valence-electron chi connectivity index (χ3n) is 0.520. The van der Waals surface area contributed by atoms with E-state index in [1.54, 1.807) is 0 Å². The molecule has 1 amide bonds. The first kappa shape index (κ1) is 7.55. The Balaban J connectivity index is 3.84. The van der Waals surface area contributed by atoms with Crippen molar-refractivity contribution in [2.75, 3.05) is 0 Å².